The van der Waals surface area contributed by atoms with Crippen LogP contribution < -0.4 is 10.1 Å². The van der Waals surface area contributed by atoms with Crippen LogP contribution in [0.25, 0.3) is 0 Å². The summed E-state index contributed by atoms with van der Waals surface area (Å²) in [6, 6.07) is 22.7. The van der Waals surface area contributed by atoms with Crippen molar-refractivity contribution in [3.05, 3.63) is 99.5 Å². The maximum Gasteiger partial charge on any atom is 0.261 e. The first-order chi connectivity index (χ1) is 17.4. The van der Waals surface area contributed by atoms with Crippen molar-refractivity contribution >= 4 is 27.7 Å². The summed E-state index contributed by atoms with van der Waals surface area (Å²) in [7, 11) is 0. The van der Waals surface area contributed by atoms with E-state index >= 15 is 0 Å². The van der Waals surface area contributed by atoms with E-state index in [1.807, 2.05) is 86.6 Å². The lowest BCUT2D eigenvalue weighted by atomic mass is 10.0. The van der Waals surface area contributed by atoms with Gasteiger partial charge in [0.05, 0.1) is 0 Å². The van der Waals surface area contributed by atoms with E-state index in [2.05, 4.69) is 28.2 Å². The summed E-state index contributed by atoms with van der Waals surface area (Å²) in [5.41, 5.74) is 4.20. The molecule has 190 valence electrons. The molecule has 0 aliphatic rings. The molecule has 3 rings (SSSR count). The third-order valence-corrected chi connectivity index (χ3v) is 6.74. The van der Waals surface area contributed by atoms with E-state index in [0.717, 1.165) is 39.6 Å². The molecule has 0 aromatic heterocycles. The van der Waals surface area contributed by atoms with Crippen molar-refractivity contribution < 1.29 is 14.3 Å². The topological polar surface area (TPSA) is 58.6 Å². The van der Waals surface area contributed by atoms with Gasteiger partial charge in [0.25, 0.3) is 5.91 Å². The quantitative estimate of drug-likeness (QED) is 0.281. The Morgan fingerprint density at radius 1 is 0.944 bits per heavy atom. The summed E-state index contributed by atoms with van der Waals surface area (Å²) in [6.45, 7) is 6.88. The van der Waals surface area contributed by atoms with Crippen molar-refractivity contribution in [1.29, 1.82) is 0 Å². The Morgan fingerprint density at radius 3 is 2.33 bits per heavy atom. The number of aryl methyl sites for hydroxylation is 2. The minimum Gasteiger partial charge on any atom is -0.484 e. The molecule has 0 heterocycles. The zero-order valence-electron chi connectivity index (χ0n) is 21.3. The standard InChI is InChI=1S/C30H35BrN2O3/c1-4-5-17-32-30(35)28(19-24-9-7-6-8-10-24)33(20-25-12-14-26(31)15-13-25)29(34)21-36-27-16-11-22(2)23(3)18-27/h6-16,18,28H,4-5,17,19-21H2,1-3H3,(H,32,35)/t28-/m0/s1. The Morgan fingerprint density at radius 2 is 1.67 bits per heavy atom. The number of carbonyl (C=O) groups excluding carboxylic acids is 2. The highest BCUT2D eigenvalue weighted by atomic mass is 79.9. The molecular formula is C30H35BrN2O3. The number of nitrogens with one attached hydrogen (secondary N) is 1. The summed E-state index contributed by atoms with van der Waals surface area (Å²) >= 11 is 3.47. The minimum absolute atomic E-state index is 0.146. The van der Waals surface area contributed by atoms with Crippen molar-refractivity contribution in [3.63, 3.8) is 0 Å². The fourth-order valence-electron chi connectivity index (χ4n) is 3.88. The van der Waals surface area contributed by atoms with Gasteiger partial charge in [-0.1, -0.05) is 77.8 Å². The molecule has 6 heteroatoms. The van der Waals surface area contributed by atoms with E-state index in [1.165, 1.54) is 0 Å². The summed E-state index contributed by atoms with van der Waals surface area (Å²) in [4.78, 5) is 28.7. The highest BCUT2D eigenvalue weighted by molar-refractivity contribution is 9.10. The fraction of sp³-hybridized carbons (Fsp3) is 0.333. The maximum absolute atomic E-state index is 13.6. The van der Waals surface area contributed by atoms with Gasteiger partial charge in [-0.15, -0.1) is 0 Å². The van der Waals surface area contributed by atoms with Gasteiger partial charge in [0.2, 0.25) is 5.91 Å². The van der Waals surface area contributed by atoms with Crippen LogP contribution in [0, 0.1) is 13.8 Å². The summed E-state index contributed by atoms with van der Waals surface area (Å²) in [5.74, 6) is 0.258. The Kier molecular flexibility index (Phi) is 10.6. The number of unbranched alkanes of at least 4 members (excludes halogenated alkanes) is 1. The van der Waals surface area contributed by atoms with E-state index in [1.54, 1.807) is 4.90 Å². The SMILES string of the molecule is CCCCNC(=O)[C@H](Cc1ccccc1)N(Cc1ccc(Br)cc1)C(=O)COc1ccc(C)c(C)c1. The van der Waals surface area contributed by atoms with Crippen molar-refractivity contribution in [2.75, 3.05) is 13.2 Å². The van der Waals surface area contributed by atoms with Crippen molar-refractivity contribution in [1.82, 2.24) is 10.2 Å². The van der Waals surface area contributed by atoms with Crippen molar-refractivity contribution in [2.24, 2.45) is 0 Å². The molecule has 36 heavy (non-hydrogen) atoms. The van der Waals surface area contributed by atoms with Crippen LogP contribution in [0.15, 0.2) is 77.3 Å². The van der Waals surface area contributed by atoms with Gasteiger partial charge in [-0.3, -0.25) is 9.59 Å². The molecule has 0 saturated heterocycles. The van der Waals surface area contributed by atoms with Gasteiger partial charge in [-0.2, -0.15) is 0 Å². The van der Waals surface area contributed by atoms with Gasteiger partial charge in [-0.05, 0) is 66.8 Å². The lowest BCUT2D eigenvalue weighted by Gasteiger charge is -2.31. The van der Waals surface area contributed by atoms with Crippen LogP contribution in [0.4, 0.5) is 0 Å². The normalized spacial score (nSPS) is 11.6. The molecule has 1 N–H and O–H groups in total. The average Bonchev–Trinajstić information content (AvgIpc) is 2.88. The molecule has 0 fully saturated rings. The molecule has 2 amide bonds. The van der Waals surface area contributed by atoms with E-state index in [9.17, 15) is 9.59 Å². The van der Waals surface area contributed by atoms with Crippen LogP contribution in [0.1, 0.15) is 42.0 Å². The molecule has 0 spiro atoms. The molecular weight excluding hydrogens is 516 g/mol. The molecule has 0 saturated carbocycles. The lowest BCUT2D eigenvalue weighted by molar-refractivity contribution is -0.142. The Bertz CT molecular complexity index is 1130. The summed E-state index contributed by atoms with van der Waals surface area (Å²) < 4.78 is 6.85. The van der Waals surface area contributed by atoms with Crippen molar-refractivity contribution in [3.8, 4) is 5.75 Å². The molecule has 0 bridgehead atoms. The second-order valence-electron chi connectivity index (χ2n) is 9.03. The summed E-state index contributed by atoms with van der Waals surface area (Å²) in [6.07, 6.45) is 2.29. The average molecular weight is 552 g/mol. The number of amides is 2. The number of carbonyl (C=O) groups is 2. The zero-order chi connectivity index (χ0) is 25.9. The first-order valence-electron chi connectivity index (χ1n) is 12.4. The lowest BCUT2D eigenvalue weighted by Crippen LogP contribution is -2.51. The van der Waals surface area contributed by atoms with Gasteiger partial charge in [0.1, 0.15) is 11.8 Å². The third-order valence-electron chi connectivity index (χ3n) is 6.21. The predicted molar refractivity (Wildman–Crippen MR) is 148 cm³/mol. The molecule has 1 atom stereocenters. The first kappa shape index (κ1) is 27.5. The number of hydrogen-bond donors (Lipinski definition) is 1. The highest BCUT2D eigenvalue weighted by Gasteiger charge is 2.30. The van der Waals surface area contributed by atoms with Gasteiger partial charge < -0.3 is 15.0 Å². The number of halogens is 1. The second kappa shape index (κ2) is 13.8. The fourth-order valence-corrected chi connectivity index (χ4v) is 4.14. The van der Waals surface area contributed by atoms with Crippen LogP contribution in [0.2, 0.25) is 0 Å². The number of ether oxygens (including phenoxy) is 1. The monoisotopic (exact) mass is 550 g/mol. The molecule has 0 radical (unpaired) electrons. The van der Waals surface area contributed by atoms with Gasteiger partial charge in [0, 0.05) is 24.0 Å². The van der Waals surface area contributed by atoms with Gasteiger partial charge in [-0.25, -0.2) is 0 Å². The number of benzene rings is 3. The van der Waals surface area contributed by atoms with Crippen LogP contribution >= 0.6 is 15.9 Å². The number of hydrogen-bond acceptors (Lipinski definition) is 3. The minimum atomic E-state index is -0.663. The molecule has 5 nitrogen and oxygen atoms in total. The molecule has 0 aliphatic heterocycles. The third kappa shape index (κ3) is 8.23. The smallest absolute Gasteiger partial charge is 0.261 e. The summed E-state index contributed by atoms with van der Waals surface area (Å²) in [5, 5.41) is 3.04. The maximum atomic E-state index is 13.6. The van der Waals surface area contributed by atoms with Crippen LogP contribution in [-0.4, -0.2) is 35.9 Å². The number of nitrogens with zero attached hydrogens (tertiary/aromatic N) is 1. The van der Waals surface area contributed by atoms with Crippen LogP contribution in [0.3, 0.4) is 0 Å². The van der Waals surface area contributed by atoms with E-state index in [-0.39, 0.29) is 18.4 Å². The second-order valence-corrected chi connectivity index (χ2v) is 9.95. The van der Waals surface area contributed by atoms with E-state index in [0.29, 0.717) is 25.3 Å². The first-order valence-corrected chi connectivity index (χ1v) is 13.2. The molecule has 3 aromatic rings. The largest absolute Gasteiger partial charge is 0.484 e. The van der Waals surface area contributed by atoms with E-state index < -0.39 is 6.04 Å². The van der Waals surface area contributed by atoms with Gasteiger partial charge in [0.15, 0.2) is 6.61 Å². The molecule has 3 aromatic carbocycles. The molecule has 0 aliphatic carbocycles. The highest BCUT2D eigenvalue weighted by Crippen LogP contribution is 2.19. The Labute approximate surface area is 223 Å². The number of rotatable bonds is 12. The predicted octanol–water partition coefficient (Wildman–Crippen LogP) is 6.00. The van der Waals surface area contributed by atoms with Crippen LogP contribution in [-0.2, 0) is 22.6 Å². The van der Waals surface area contributed by atoms with E-state index in [4.69, 9.17) is 4.74 Å². The zero-order valence-corrected chi connectivity index (χ0v) is 22.9. The van der Waals surface area contributed by atoms with Crippen molar-refractivity contribution in [2.45, 2.75) is 52.6 Å². The Hall–Kier alpha value is -3.12. The van der Waals surface area contributed by atoms with Crippen LogP contribution in [0.5, 0.6) is 5.75 Å². The Balaban J connectivity index is 1.88. The van der Waals surface area contributed by atoms with Gasteiger partial charge >= 0.3 is 0 Å². The molecule has 0 unspecified atom stereocenters.